The first kappa shape index (κ1) is 20.6. The average Bonchev–Trinajstić information content (AvgIpc) is 3.36. The van der Waals surface area contributed by atoms with Crippen molar-refractivity contribution in [2.75, 3.05) is 0 Å². The fourth-order valence-corrected chi connectivity index (χ4v) is 3.78. The molecule has 0 aliphatic heterocycles. The number of carbonyl (C=O) groups excluding carboxylic acids is 1. The van der Waals surface area contributed by atoms with Crippen LogP contribution < -0.4 is 11.0 Å². The Hall–Kier alpha value is -4.27. The first-order valence-corrected chi connectivity index (χ1v) is 10.5. The largest absolute Gasteiger partial charge is 0.350 e. The van der Waals surface area contributed by atoms with Crippen LogP contribution in [0.25, 0.3) is 22.4 Å². The Bertz CT molecular complexity index is 1560. The molecular weight excluding hydrogens is 423 g/mol. The van der Waals surface area contributed by atoms with Gasteiger partial charge in [-0.1, -0.05) is 29.8 Å². The van der Waals surface area contributed by atoms with Gasteiger partial charge in [0.25, 0.3) is 0 Å². The predicted molar refractivity (Wildman–Crippen MR) is 121 cm³/mol. The van der Waals surface area contributed by atoms with Gasteiger partial charge >= 0.3 is 5.69 Å². The quantitative estimate of drug-likeness (QED) is 0.452. The number of benzene rings is 2. The third-order valence-corrected chi connectivity index (χ3v) is 5.56. The summed E-state index contributed by atoms with van der Waals surface area (Å²) in [7, 11) is 0. The minimum absolute atomic E-state index is 0.229. The number of fused-ring (bicyclic) bond motifs is 3. The van der Waals surface area contributed by atoms with Gasteiger partial charge in [-0.3, -0.25) is 4.79 Å². The smallest absolute Gasteiger partial charge is 0.350 e. The molecule has 0 radical (unpaired) electrons. The van der Waals surface area contributed by atoms with Crippen molar-refractivity contribution in [2.45, 2.75) is 26.9 Å². The molecular formula is C24H21FN6O2. The van der Waals surface area contributed by atoms with Crippen LogP contribution in [0.1, 0.15) is 16.7 Å². The zero-order chi connectivity index (χ0) is 23.1. The molecule has 0 fully saturated rings. The third-order valence-electron chi connectivity index (χ3n) is 5.56. The Balaban J connectivity index is 1.44. The van der Waals surface area contributed by atoms with E-state index in [-0.39, 0.29) is 24.8 Å². The van der Waals surface area contributed by atoms with E-state index in [2.05, 4.69) is 27.6 Å². The maximum atomic E-state index is 13.0. The minimum atomic E-state index is -0.418. The van der Waals surface area contributed by atoms with Gasteiger partial charge in [0.2, 0.25) is 5.91 Å². The van der Waals surface area contributed by atoms with Gasteiger partial charge in [0.15, 0.2) is 5.65 Å². The van der Waals surface area contributed by atoms with E-state index in [4.69, 9.17) is 0 Å². The number of halogens is 1. The molecule has 0 saturated carbocycles. The summed E-state index contributed by atoms with van der Waals surface area (Å²) < 4.78 is 17.2. The van der Waals surface area contributed by atoms with E-state index in [9.17, 15) is 14.0 Å². The second-order valence-electron chi connectivity index (χ2n) is 8.01. The van der Waals surface area contributed by atoms with Crippen LogP contribution >= 0.6 is 0 Å². The van der Waals surface area contributed by atoms with E-state index in [0.717, 1.165) is 32.6 Å². The average molecular weight is 444 g/mol. The monoisotopic (exact) mass is 444 g/mol. The predicted octanol–water partition coefficient (Wildman–Crippen LogP) is 2.88. The Morgan fingerprint density at radius 3 is 2.61 bits per heavy atom. The Morgan fingerprint density at radius 1 is 1.03 bits per heavy atom. The number of aryl methyl sites for hydroxylation is 2. The molecule has 166 valence electrons. The molecule has 5 aromatic rings. The van der Waals surface area contributed by atoms with Crippen LogP contribution in [-0.4, -0.2) is 29.7 Å². The first-order chi connectivity index (χ1) is 15.9. The lowest BCUT2D eigenvalue weighted by molar-refractivity contribution is -0.122. The molecule has 0 saturated heterocycles. The number of rotatable bonds is 5. The standard InChI is InChI=1S/C24H21FN6O2/c1-15-3-4-16(2)19(11-15)20-12-21-23-28-31(24(33)29(23)9-10-30(21)27-20)14-22(32)26-13-17-5-7-18(25)8-6-17/h3-12H,13-14H2,1-2H3,(H,26,32). The van der Waals surface area contributed by atoms with Crippen molar-refractivity contribution in [1.82, 2.24) is 29.1 Å². The van der Waals surface area contributed by atoms with E-state index >= 15 is 0 Å². The molecule has 0 spiro atoms. The van der Waals surface area contributed by atoms with E-state index in [0.29, 0.717) is 11.2 Å². The number of nitrogens with zero attached hydrogens (tertiary/aromatic N) is 5. The van der Waals surface area contributed by atoms with Gasteiger partial charge in [-0.15, -0.1) is 5.10 Å². The summed E-state index contributed by atoms with van der Waals surface area (Å²) in [5, 5.41) is 11.8. The van der Waals surface area contributed by atoms with E-state index < -0.39 is 5.69 Å². The number of carbonyl (C=O) groups is 1. The zero-order valence-electron chi connectivity index (χ0n) is 18.1. The number of hydrogen-bond donors (Lipinski definition) is 1. The van der Waals surface area contributed by atoms with Crippen LogP contribution in [0, 0.1) is 19.7 Å². The van der Waals surface area contributed by atoms with E-state index in [1.807, 2.05) is 26.0 Å². The number of amides is 1. The second kappa shape index (κ2) is 8.01. The molecule has 3 heterocycles. The van der Waals surface area contributed by atoms with Crippen molar-refractivity contribution in [3.05, 3.63) is 93.9 Å². The lowest BCUT2D eigenvalue weighted by Crippen LogP contribution is -2.32. The second-order valence-corrected chi connectivity index (χ2v) is 8.01. The molecule has 33 heavy (non-hydrogen) atoms. The topological polar surface area (TPSA) is 85.7 Å². The van der Waals surface area contributed by atoms with Crippen LogP contribution in [0.5, 0.6) is 0 Å². The van der Waals surface area contributed by atoms with Crippen molar-refractivity contribution < 1.29 is 9.18 Å². The highest BCUT2D eigenvalue weighted by Crippen LogP contribution is 2.25. The fraction of sp³-hybridized carbons (Fsp3) is 0.167. The first-order valence-electron chi connectivity index (χ1n) is 10.5. The molecule has 0 aliphatic rings. The molecule has 1 N–H and O–H groups in total. The highest BCUT2D eigenvalue weighted by molar-refractivity contribution is 5.78. The fourth-order valence-electron chi connectivity index (χ4n) is 3.78. The highest BCUT2D eigenvalue weighted by Gasteiger charge is 2.16. The van der Waals surface area contributed by atoms with Crippen LogP contribution in [-0.2, 0) is 17.9 Å². The molecule has 0 bridgehead atoms. The van der Waals surface area contributed by atoms with Gasteiger partial charge < -0.3 is 5.32 Å². The number of aromatic nitrogens is 5. The maximum absolute atomic E-state index is 13.0. The molecule has 0 unspecified atom stereocenters. The molecule has 1 amide bonds. The van der Waals surface area contributed by atoms with E-state index in [1.165, 1.54) is 16.5 Å². The van der Waals surface area contributed by atoms with Crippen LogP contribution in [0.3, 0.4) is 0 Å². The molecule has 5 rings (SSSR count). The van der Waals surface area contributed by atoms with Crippen molar-refractivity contribution in [3.8, 4) is 11.3 Å². The van der Waals surface area contributed by atoms with Crippen molar-refractivity contribution in [2.24, 2.45) is 0 Å². The number of hydrogen-bond acceptors (Lipinski definition) is 4. The Morgan fingerprint density at radius 2 is 1.82 bits per heavy atom. The number of nitrogens with one attached hydrogen (secondary N) is 1. The Kier molecular flexibility index (Phi) is 5.01. The lowest BCUT2D eigenvalue weighted by Gasteiger charge is -2.04. The molecule has 8 nitrogen and oxygen atoms in total. The Labute approximate surface area is 187 Å². The SMILES string of the molecule is Cc1ccc(C)c(-c2cc3c4nn(CC(=O)NCc5ccc(F)cc5)c(=O)n4ccn3n2)c1. The van der Waals surface area contributed by atoms with Crippen molar-refractivity contribution >= 4 is 17.1 Å². The summed E-state index contributed by atoms with van der Waals surface area (Å²) >= 11 is 0. The van der Waals surface area contributed by atoms with Gasteiger partial charge in [-0.05, 0) is 49.2 Å². The van der Waals surface area contributed by atoms with Crippen LogP contribution in [0.15, 0.2) is 65.7 Å². The normalized spacial score (nSPS) is 11.4. The maximum Gasteiger partial charge on any atom is 0.350 e. The summed E-state index contributed by atoms with van der Waals surface area (Å²) in [6.07, 6.45) is 3.28. The van der Waals surface area contributed by atoms with Gasteiger partial charge in [0, 0.05) is 24.5 Å². The third kappa shape index (κ3) is 3.89. The molecule has 0 aliphatic carbocycles. The molecule has 2 aromatic carbocycles. The van der Waals surface area contributed by atoms with Crippen LogP contribution in [0.4, 0.5) is 4.39 Å². The van der Waals surface area contributed by atoms with Crippen molar-refractivity contribution in [3.63, 3.8) is 0 Å². The molecule has 0 atom stereocenters. The molecule has 3 aromatic heterocycles. The van der Waals surface area contributed by atoms with E-state index in [1.54, 1.807) is 29.0 Å². The van der Waals surface area contributed by atoms with Gasteiger partial charge in [-0.2, -0.15) is 5.10 Å². The highest BCUT2D eigenvalue weighted by atomic mass is 19.1. The summed E-state index contributed by atoms with van der Waals surface area (Å²) in [4.78, 5) is 25.2. The minimum Gasteiger partial charge on any atom is -0.350 e. The van der Waals surface area contributed by atoms with Crippen molar-refractivity contribution in [1.29, 1.82) is 0 Å². The summed E-state index contributed by atoms with van der Waals surface area (Å²) in [5.74, 6) is -0.710. The summed E-state index contributed by atoms with van der Waals surface area (Å²) in [6, 6.07) is 13.9. The lowest BCUT2D eigenvalue weighted by atomic mass is 10.0. The van der Waals surface area contributed by atoms with Gasteiger partial charge in [-0.25, -0.2) is 22.8 Å². The summed E-state index contributed by atoms with van der Waals surface area (Å²) in [6.45, 7) is 4.05. The van der Waals surface area contributed by atoms with Gasteiger partial charge in [0.1, 0.15) is 17.9 Å². The molecule has 9 heteroatoms. The zero-order valence-corrected chi connectivity index (χ0v) is 18.1. The van der Waals surface area contributed by atoms with Crippen LogP contribution in [0.2, 0.25) is 0 Å². The summed E-state index contributed by atoms with van der Waals surface area (Å²) in [5.41, 5.74) is 5.44. The van der Waals surface area contributed by atoms with Gasteiger partial charge in [0.05, 0.1) is 5.69 Å².